The summed E-state index contributed by atoms with van der Waals surface area (Å²) in [6.45, 7) is 2.55. The molecule has 5 rings (SSSR count). The predicted molar refractivity (Wildman–Crippen MR) is 117 cm³/mol. The van der Waals surface area contributed by atoms with Gasteiger partial charge in [0.15, 0.2) is 0 Å². The molecule has 1 N–H and O–H groups in total. The first kappa shape index (κ1) is 20.5. The van der Waals surface area contributed by atoms with E-state index < -0.39 is 12.1 Å². The van der Waals surface area contributed by atoms with Crippen LogP contribution in [0.4, 0.5) is 4.39 Å². The second-order valence-electron chi connectivity index (χ2n) is 8.10. The number of aliphatic hydroxyl groups is 1. The van der Waals surface area contributed by atoms with Gasteiger partial charge in [0.05, 0.1) is 21.8 Å². The van der Waals surface area contributed by atoms with Crippen LogP contribution < -0.4 is 0 Å². The Hall–Kier alpha value is -2.41. The number of fused-ring (bicyclic) bond motifs is 2. The van der Waals surface area contributed by atoms with Crippen molar-refractivity contribution >= 4 is 29.1 Å². The number of nitrogens with zero attached hydrogens (tertiary/aromatic N) is 3. The maximum Gasteiger partial charge on any atom is 0.219 e. The zero-order valence-electron chi connectivity index (χ0n) is 16.8. The average Bonchev–Trinajstić information content (AvgIpc) is 3.25. The lowest BCUT2D eigenvalue weighted by molar-refractivity contribution is -0.129. The second kappa shape index (κ2) is 7.62. The van der Waals surface area contributed by atoms with E-state index in [0.29, 0.717) is 41.7 Å². The summed E-state index contributed by atoms with van der Waals surface area (Å²) in [4.78, 5) is 13.8. The minimum Gasteiger partial charge on any atom is -0.390 e. The zero-order valence-corrected chi connectivity index (χ0v) is 18.3. The number of amides is 1. The van der Waals surface area contributed by atoms with Gasteiger partial charge in [0.1, 0.15) is 11.9 Å². The summed E-state index contributed by atoms with van der Waals surface area (Å²) in [6.07, 6.45) is 0.389. The lowest BCUT2D eigenvalue weighted by Crippen LogP contribution is -2.35. The van der Waals surface area contributed by atoms with E-state index in [1.165, 1.54) is 12.1 Å². The van der Waals surface area contributed by atoms with Gasteiger partial charge in [-0.05, 0) is 47.5 Å². The smallest absolute Gasteiger partial charge is 0.219 e. The lowest BCUT2D eigenvalue weighted by atomic mass is 10.00. The molecule has 0 saturated heterocycles. The van der Waals surface area contributed by atoms with Crippen LogP contribution in [0, 0.1) is 5.82 Å². The molecule has 0 saturated carbocycles. The molecule has 0 fully saturated rings. The van der Waals surface area contributed by atoms with E-state index in [0.717, 1.165) is 27.9 Å². The van der Waals surface area contributed by atoms with Crippen LogP contribution in [0.25, 0.3) is 11.3 Å². The fraction of sp³-hybridized carbons (Fsp3) is 0.304. The van der Waals surface area contributed by atoms with Crippen LogP contribution in [0.2, 0.25) is 10.0 Å². The summed E-state index contributed by atoms with van der Waals surface area (Å²) in [7, 11) is 0. The molecule has 2 aromatic carbocycles. The fourth-order valence-electron chi connectivity index (χ4n) is 4.68. The molecule has 0 unspecified atom stereocenters. The van der Waals surface area contributed by atoms with Gasteiger partial charge in [-0.1, -0.05) is 23.2 Å². The number of carbonyl (C=O) groups excluding carboxylic acids is 1. The number of aromatic nitrogens is 2. The minimum absolute atomic E-state index is 0.00359. The number of hydrogen-bond donors (Lipinski definition) is 1. The molecule has 0 spiro atoms. The highest BCUT2D eigenvalue weighted by atomic mass is 35.5. The molecular formula is C23H20Cl2FN3O2. The van der Waals surface area contributed by atoms with Gasteiger partial charge in [0.25, 0.3) is 0 Å². The highest BCUT2D eigenvalue weighted by Crippen LogP contribution is 2.41. The Bertz CT molecular complexity index is 1190. The third-order valence-corrected chi connectivity index (χ3v) is 6.93. The molecule has 31 heavy (non-hydrogen) atoms. The van der Waals surface area contributed by atoms with E-state index >= 15 is 0 Å². The number of hydrogen-bond acceptors (Lipinski definition) is 3. The average molecular weight is 460 g/mol. The molecule has 1 amide bonds. The number of rotatable bonds is 2. The second-order valence-corrected chi connectivity index (χ2v) is 8.91. The van der Waals surface area contributed by atoms with Crippen molar-refractivity contribution in [3.63, 3.8) is 0 Å². The van der Waals surface area contributed by atoms with Crippen LogP contribution in [0.15, 0.2) is 36.4 Å². The Kier molecular flexibility index (Phi) is 5.04. The fourth-order valence-corrected chi connectivity index (χ4v) is 5.04. The van der Waals surface area contributed by atoms with Gasteiger partial charge >= 0.3 is 0 Å². The normalized spacial score (nSPS) is 20.0. The molecule has 2 atom stereocenters. The van der Waals surface area contributed by atoms with Crippen molar-refractivity contribution < 1.29 is 14.3 Å². The number of benzene rings is 2. The Morgan fingerprint density at radius 1 is 1.19 bits per heavy atom. The van der Waals surface area contributed by atoms with Gasteiger partial charge in [-0.3, -0.25) is 9.48 Å². The van der Waals surface area contributed by atoms with Gasteiger partial charge in [-0.25, -0.2) is 4.39 Å². The van der Waals surface area contributed by atoms with E-state index in [1.54, 1.807) is 36.1 Å². The number of carbonyl (C=O) groups is 1. The summed E-state index contributed by atoms with van der Waals surface area (Å²) in [5, 5.41) is 16.7. The number of aliphatic hydroxyl groups excluding tert-OH is 1. The zero-order chi connectivity index (χ0) is 21.9. The van der Waals surface area contributed by atoms with Crippen molar-refractivity contribution in [3.05, 3.63) is 74.6 Å². The SMILES string of the molecule is CC(=O)N1CCc2c(c(-c3ccc(F)cc3)nn2[C@@H]2c3cc(Cl)c(Cl)cc3C[C@H]2O)C1. The van der Waals surface area contributed by atoms with Gasteiger partial charge in [-0.15, -0.1) is 0 Å². The molecule has 8 heteroatoms. The van der Waals surface area contributed by atoms with E-state index in [1.807, 2.05) is 4.68 Å². The summed E-state index contributed by atoms with van der Waals surface area (Å²) in [6, 6.07) is 9.36. The summed E-state index contributed by atoms with van der Waals surface area (Å²) in [5.41, 5.74) is 5.20. The van der Waals surface area contributed by atoms with E-state index in [9.17, 15) is 14.3 Å². The highest BCUT2D eigenvalue weighted by molar-refractivity contribution is 6.42. The number of halogens is 3. The van der Waals surface area contributed by atoms with Crippen molar-refractivity contribution in [2.75, 3.05) is 6.54 Å². The Morgan fingerprint density at radius 2 is 1.90 bits per heavy atom. The maximum atomic E-state index is 13.5. The van der Waals surface area contributed by atoms with Crippen LogP contribution in [-0.2, 0) is 24.2 Å². The molecule has 1 aliphatic carbocycles. The molecule has 3 aromatic rings. The molecule has 1 aliphatic heterocycles. The van der Waals surface area contributed by atoms with Crippen LogP contribution in [-0.4, -0.2) is 38.3 Å². The summed E-state index contributed by atoms with van der Waals surface area (Å²) >= 11 is 12.5. The van der Waals surface area contributed by atoms with E-state index in [2.05, 4.69) is 0 Å². The van der Waals surface area contributed by atoms with Crippen LogP contribution in [0.5, 0.6) is 0 Å². The molecule has 1 aromatic heterocycles. The van der Waals surface area contributed by atoms with Gasteiger partial charge in [0, 0.05) is 49.7 Å². The first-order valence-corrected chi connectivity index (χ1v) is 10.9. The molecule has 2 heterocycles. The maximum absolute atomic E-state index is 13.5. The van der Waals surface area contributed by atoms with Crippen molar-refractivity contribution in [2.24, 2.45) is 0 Å². The summed E-state index contributed by atoms with van der Waals surface area (Å²) < 4.78 is 15.4. The van der Waals surface area contributed by atoms with Gasteiger partial charge in [0.2, 0.25) is 5.91 Å². The monoisotopic (exact) mass is 459 g/mol. The summed E-state index contributed by atoms with van der Waals surface area (Å²) in [5.74, 6) is -0.329. The molecule has 0 bridgehead atoms. The topological polar surface area (TPSA) is 58.4 Å². The van der Waals surface area contributed by atoms with Crippen LogP contribution in [0.3, 0.4) is 0 Å². The molecule has 5 nitrogen and oxygen atoms in total. The van der Waals surface area contributed by atoms with Gasteiger partial charge in [-0.2, -0.15) is 5.10 Å². The van der Waals surface area contributed by atoms with Crippen molar-refractivity contribution in [1.29, 1.82) is 0 Å². The molecule has 160 valence electrons. The minimum atomic E-state index is -0.680. The molecular weight excluding hydrogens is 440 g/mol. The Morgan fingerprint density at radius 3 is 2.61 bits per heavy atom. The quantitative estimate of drug-likeness (QED) is 0.617. The Balaban J connectivity index is 1.67. The lowest BCUT2D eigenvalue weighted by Gasteiger charge is -2.28. The largest absolute Gasteiger partial charge is 0.390 e. The third-order valence-electron chi connectivity index (χ3n) is 6.21. The molecule has 2 aliphatic rings. The van der Waals surface area contributed by atoms with Crippen molar-refractivity contribution in [3.8, 4) is 11.3 Å². The highest BCUT2D eigenvalue weighted by Gasteiger charge is 2.38. The van der Waals surface area contributed by atoms with E-state index in [-0.39, 0.29) is 11.7 Å². The molecule has 0 radical (unpaired) electrons. The van der Waals surface area contributed by atoms with E-state index in [4.69, 9.17) is 28.3 Å². The predicted octanol–water partition coefficient (Wildman–Crippen LogP) is 4.41. The van der Waals surface area contributed by atoms with Crippen LogP contribution >= 0.6 is 23.2 Å². The first-order chi connectivity index (χ1) is 14.8. The third kappa shape index (κ3) is 3.43. The van der Waals surface area contributed by atoms with Gasteiger partial charge < -0.3 is 10.0 Å². The Labute approximate surface area is 189 Å². The van der Waals surface area contributed by atoms with Crippen LogP contribution in [0.1, 0.15) is 35.3 Å². The van der Waals surface area contributed by atoms with Crippen molar-refractivity contribution in [1.82, 2.24) is 14.7 Å². The van der Waals surface area contributed by atoms with Crippen molar-refractivity contribution in [2.45, 2.75) is 38.5 Å². The first-order valence-electron chi connectivity index (χ1n) is 10.1. The standard InChI is InChI=1S/C23H20Cl2FN3O2/c1-12(30)28-7-6-20-17(11-28)22(13-2-4-15(26)5-3-13)27-29(20)23-16-10-19(25)18(24)8-14(16)9-21(23)31/h2-5,8,10,21,23,31H,6-7,9,11H2,1H3/t21-,23-/m1/s1.